The highest BCUT2D eigenvalue weighted by atomic mass is 35.5. The van der Waals surface area contributed by atoms with Gasteiger partial charge in [0.1, 0.15) is 11.1 Å². The Labute approximate surface area is 111 Å². The molecule has 2 heterocycles. The van der Waals surface area contributed by atoms with Gasteiger partial charge in [-0.25, -0.2) is 0 Å². The second-order valence-corrected chi connectivity index (χ2v) is 5.73. The topological polar surface area (TPSA) is 33.1 Å². The molecule has 6 heteroatoms. The number of hydrogen-bond donors (Lipinski definition) is 1. The van der Waals surface area contributed by atoms with E-state index in [9.17, 15) is 0 Å². The molecule has 0 radical (unpaired) electrons. The van der Waals surface area contributed by atoms with Crippen LogP contribution in [-0.4, -0.2) is 28.8 Å². The van der Waals surface area contributed by atoms with Crippen molar-refractivity contribution in [3.05, 3.63) is 28.0 Å². The van der Waals surface area contributed by atoms with E-state index in [1.807, 2.05) is 37.4 Å². The summed E-state index contributed by atoms with van der Waals surface area (Å²) in [5.74, 6) is 0. The summed E-state index contributed by atoms with van der Waals surface area (Å²) in [5, 5.41) is 10.7. The Hall–Kier alpha value is -0.650. The molecular formula is C11H17ClN4S. The van der Waals surface area contributed by atoms with Crippen LogP contribution >= 0.6 is 23.4 Å². The third kappa shape index (κ3) is 2.32. The summed E-state index contributed by atoms with van der Waals surface area (Å²) in [5.41, 5.74) is 1.97. The number of thioether (sulfide) groups is 1. The van der Waals surface area contributed by atoms with Crippen molar-refractivity contribution < 1.29 is 0 Å². The molecule has 0 spiro atoms. The van der Waals surface area contributed by atoms with Crippen LogP contribution in [0.3, 0.4) is 0 Å². The molecule has 0 bridgehead atoms. The summed E-state index contributed by atoms with van der Waals surface area (Å²) in [6, 6.07) is 0.244. The van der Waals surface area contributed by atoms with Gasteiger partial charge in [-0.15, -0.1) is 11.8 Å². The monoisotopic (exact) mass is 272 g/mol. The summed E-state index contributed by atoms with van der Waals surface area (Å²) in [7, 11) is 6.02. The quantitative estimate of drug-likeness (QED) is 0.917. The molecule has 0 saturated heterocycles. The summed E-state index contributed by atoms with van der Waals surface area (Å²) in [6.45, 7) is 2.13. The fraction of sp³-hybridized carbons (Fsp3) is 0.545. The molecule has 0 aromatic carbocycles. The van der Waals surface area contributed by atoms with E-state index in [4.69, 9.17) is 11.6 Å². The summed E-state index contributed by atoms with van der Waals surface area (Å²) < 4.78 is 1.88. The first-order valence-corrected chi connectivity index (χ1v) is 6.79. The van der Waals surface area contributed by atoms with Gasteiger partial charge in [0.15, 0.2) is 0 Å². The average molecular weight is 273 g/mol. The normalized spacial score (nSPS) is 20.9. The highest BCUT2D eigenvalue weighted by Gasteiger charge is 2.26. The van der Waals surface area contributed by atoms with Crippen LogP contribution in [0.25, 0.3) is 0 Å². The van der Waals surface area contributed by atoms with E-state index in [0.717, 1.165) is 16.4 Å². The average Bonchev–Trinajstić information content (AvgIpc) is 2.86. The number of nitrogens with zero attached hydrogens (tertiary/aromatic N) is 3. The molecule has 0 aliphatic carbocycles. The summed E-state index contributed by atoms with van der Waals surface area (Å²) in [6.07, 6.45) is 1.93. The maximum absolute atomic E-state index is 6.46. The Morgan fingerprint density at radius 2 is 2.29 bits per heavy atom. The minimum absolute atomic E-state index is 0.136. The van der Waals surface area contributed by atoms with Crippen LogP contribution in [0.2, 0.25) is 5.02 Å². The van der Waals surface area contributed by atoms with Gasteiger partial charge in [0, 0.05) is 19.3 Å². The minimum atomic E-state index is 0.136. The molecule has 1 N–H and O–H groups in total. The highest BCUT2D eigenvalue weighted by Crippen LogP contribution is 2.37. The van der Waals surface area contributed by atoms with Gasteiger partial charge in [0.25, 0.3) is 0 Å². The number of nitrogens with one attached hydrogen (secondary N) is 1. The smallest absolute Gasteiger partial charge is 0.122 e. The Morgan fingerprint density at radius 1 is 1.59 bits per heavy atom. The maximum Gasteiger partial charge on any atom is 0.122 e. The largest absolute Gasteiger partial charge is 0.373 e. The fourth-order valence-electron chi connectivity index (χ4n) is 1.83. The molecule has 0 fully saturated rings. The van der Waals surface area contributed by atoms with E-state index in [1.165, 1.54) is 0 Å². The van der Waals surface area contributed by atoms with Crippen molar-refractivity contribution in [2.45, 2.75) is 18.3 Å². The Bertz CT molecular complexity index is 433. The second-order valence-electron chi connectivity index (χ2n) is 4.33. The second kappa shape index (κ2) is 4.92. The van der Waals surface area contributed by atoms with E-state index >= 15 is 0 Å². The van der Waals surface area contributed by atoms with Gasteiger partial charge >= 0.3 is 0 Å². The lowest BCUT2D eigenvalue weighted by atomic mass is 10.2. The number of hydrogen-bond acceptors (Lipinski definition) is 4. The number of halogens is 1. The molecule has 2 atom stereocenters. The molecule has 1 aromatic rings. The zero-order chi connectivity index (χ0) is 12.6. The van der Waals surface area contributed by atoms with Crippen molar-refractivity contribution in [2.75, 3.05) is 14.1 Å². The molecule has 2 rings (SSSR count). The van der Waals surface area contributed by atoms with Crippen LogP contribution in [0.1, 0.15) is 29.7 Å². The van der Waals surface area contributed by atoms with Gasteiger partial charge < -0.3 is 10.2 Å². The predicted molar refractivity (Wildman–Crippen MR) is 72.9 cm³/mol. The zero-order valence-electron chi connectivity index (χ0n) is 10.4. The van der Waals surface area contributed by atoms with E-state index in [0.29, 0.717) is 0 Å². The van der Waals surface area contributed by atoms with Crippen LogP contribution in [0, 0.1) is 0 Å². The molecule has 0 amide bonds. The lowest BCUT2D eigenvalue weighted by molar-refractivity contribution is 0.307. The van der Waals surface area contributed by atoms with Gasteiger partial charge in [-0.2, -0.15) is 5.10 Å². The summed E-state index contributed by atoms with van der Waals surface area (Å²) in [4.78, 5) is 2.13. The van der Waals surface area contributed by atoms with Crippen molar-refractivity contribution >= 4 is 23.4 Å². The van der Waals surface area contributed by atoms with Gasteiger partial charge in [-0.1, -0.05) is 11.6 Å². The Morgan fingerprint density at radius 3 is 2.82 bits per heavy atom. The van der Waals surface area contributed by atoms with E-state index < -0.39 is 0 Å². The van der Waals surface area contributed by atoms with Gasteiger partial charge in [0.05, 0.1) is 10.7 Å². The lowest BCUT2D eigenvalue weighted by Crippen LogP contribution is -2.19. The number of rotatable bonds is 3. The van der Waals surface area contributed by atoms with Crippen LogP contribution in [0.5, 0.6) is 0 Å². The van der Waals surface area contributed by atoms with Gasteiger partial charge in [-0.3, -0.25) is 4.68 Å². The fourth-order valence-corrected chi connectivity index (χ4v) is 3.08. The molecule has 17 heavy (non-hydrogen) atoms. The van der Waals surface area contributed by atoms with Crippen molar-refractivity contribution in [3.8, 4) is 0 Å². The van der Waals surface area contributed by atoms with Crippen LogP contribution in [0.15, 0.2) is 11.6 Å². The van der Waals surface area contributed by atoms with Crippen molar-refractivity contribution in [1.82, 2.24) is 20.0 Å². The Kier molecular flexibility index (Phi) is 3.70. The van der Waals surface area contributed by atoms with Crippen LogP contribution in [0.4, 0.5) is 0 Å². The van der Waals surface area contributed by atoms with Gasteiger partial charge in [0.2, 0.25) is 0 Å². The van der Waals surface area contributed by atoms with Gasteiger partial charge in [-0.05, 0) is 26.4 Å². The zero-order valence-corrected chi connectivity index (χ0v) is 12.0. The van der Waals surface area contributed by atoms with Crippen molar-refractivity contribution in [1.29, 1.82) is 0 Å². The molecule has 1 aromatic heterocycles. The van der Waals surface area contributed by atoms with Crippen LogP contribution < -0.4 is 5.32 Å². The Balaban J connectivity index is 2.35. The standard InChI is InChI=1S/C11H17ClN4S/c1-7(15(2)3)10-8(12)9(14-16(10)4)11-13-5-6-17-11/h5-7,11,13H,1-4H3. The molecular weight excluding hydrogens is 256 g/mol. The third-order valence-electron chi connectivity index (χ3n) is 3.01. The molecule has 1 aliphatic rings. The first-order chi connectivity index (χ1) is 8.02. The lowest BCUT2D eigenvalue weighted by Gasteiger charge is -2.20. The first-order valence-electron chi connectivity index (χ1n) is 5.47. The third-order valence-corrected chi connectivity index (χ3v) is 4.32. The molecule has 2 unspecified atom stereocenters. The maximum atomic E-state index is 6.46. The van der Waals surface area contributed by atoms with Crippen molar-refractivity contribution in [3.63, 3.8) is 0 Å². The van der Waals surface area contributed by atoms with E-state index in [1.54, 1.807) is 11.8 Å². The first kappa shape index (κ1) is 12.8. The van der Waals surface area contributed by atoms with Crippen molar-refractivity contribution in [2.24, 2.45) is 7.05 Å². The molecule has 94 valence electrons. The summed E-state index contributed by atoms with van der Waals surface area (Å²) >= 11 is 8.14. The highest BCUT2D eigenvalue weighted by molar-refractivity contribution is 8.02. The predicted octanol–water partition coefficient (Wildman–Crippen LogP) is 2.50. The molecule has 4 nitrogen and oxygen atoms in total. The molecule has 0 saturated carbocycles. The number of aryl methyl sites for hydroxylation is 1. The molecule has 1 aliphatic heterocycles. The van der Waals surface area contributed by atoms with E-state index in [2.05, 4.69) is 22.2 Å². The van der Waals surface area contributed by atoms with Crippen LogP contribution in [-0.2, 0) is 7.05 Å². The minimum Gasteiger partial charge on any atom is -0.373 e. The number of aromatic nitrogens is 2. The SMILES string of the molecule is CC(c1c(Cl)c(C2NC=CS2)nn1C)N(C)C. The van der Waals surface area contributed by atoms with E-state index in [-0.39, 0.29) is 11.4 Å².